The van der Waals surface area contributed by atoms with Gasteiger partial charge >= 0.3 is 0 Å². The zero-order chi connectivity index (χ0) is 30.9. The van der Waals surface area contributed by atoms with Gasteiger partial charge in [-0.2, -0.15) is 0 Å². The van der Waals surface area contributed by atoms with Gasteiger partial charge in [-0.3, -0.25) is 0 Å². The second kappa shape index (κ2) is 14.2. The van der Waals surface area contributed by atoms with E-state index in [2.05, 4.69) is 152 Å². The van der Waals surface area contributed by atoms with Gasteiger partial charge in [0, 0.05) is 22.4 Å². The lowest BCUT2D eigenvalue weighted by Crippen LogP contribution is -2.16. The standard InChI is InChI=1S/C42H39NO/c1-6-38(33(5)44-32(4)26-27-34-18-10-7-11-19-34)39-24-16-17-25-41(39)43(31(2)3)42-29-28-37(35-20-12-8-13-21-35)30-40(42)36-22-14-9-15-23-36/h6-26,28-30H,2,5,27H2,1,3-4H3/b32-26+,38-6+. The SMILES string of the molecule is C=C(O/C(C)=C/Cc1ccccc1)/C(=C\C)c1ccccc1N(C(=C)C)c1ccc(-c2ccccc2)cc1-c1ccccc1. The third-order valence-corrected chi connectivity index (χ3v) is 7.59. The Hall–Kier alpha value is -5.34. The molecule has 0 bridgehead atoms. The first-order chi connectivity index (χ1) is 21.5. The molecule has 0 aromatic heterocycles. The van der Waals surface area contributed by atoms with Crippen LogP contribution in [0.25, 0.3) is 27.8 Å². The van der Waals surface area contributed by atoms with Crippen molar-refractivity contribution >= 4 is 16.9 Å². The van der Waals surface area contributed by atoms with E-state index in [-0.39, 0.29) is 0 Å². The van der Waals surface area contributed by atoms with Crippen LogP contribution < -0.4 is 4.90 Å². The highest BCUT2D eigenvalue weighted by Crippen LogP contribution is 2.43. The Balaban J connectivity index is 1.54. The van der Waals surface area contributed by atoms with Crippen molar-refractivity contribution in [3.8, 4) is 22.3 Å². The molecule has 0 fully saturated rings. The van der Waals surface area contributed by atoms with E-state index in [1.54, 1.807) is 0 Å². The summed E-state index contributed by atoms with van der Waals surface area (Å²) in [6, 6.07) is 46.5. The minimum absolute atomic E-state index is 0.603. The summed E-state index contributed by atoms with van der Waals surface area (Å²) in [5.74, 6) is 1.42. The maximum atomic E-state index is 6.30. The maximum Gasteiger partial charge on any atom is 0.127 e. The van der Waals surface area contributed by atoms with Crippen LogP contribution in [0.1, 0.15) is 31.9 Å². The summed E-state index contributed by atoms with van der Waals surface area (Å²) in [6.45, 7) is 14.8. The molecule has 0 saturated heterocycles. The van der Waals surface area contributed by atoms with Gasteiger partial charge in [0.05, 0.1) is 17.1 Å². The number of allylic oxidation sites excluding steroid dienone is 5. The molecule has 0 unspecified atom stereocenters. The van der Waals surface area contributed by atoms with E-state index in [0.717, 1.165) is 57.1 Å². The van der Waals surface area contributed by atoms with Gasteiger partial charge in [-0.15, -0.1) is 0 Å². The van der Waals surface area contributed by atoms with Crippen molar-refractivity contribution in [3.05, 3.63) is 187 Å². The van der Waals surface area contributed by atoms with E-state index in [1.165, 1.54) is 11.1 Å². The third-order valence-electron chi connectivity index (χ3n) is 7.59. The zero-order valence-electron chi connectivity index (χ0n) is 25.8. The second-order valence-electron chi connectivity index (χ2n) is 10.8. The summed E-state index contributed by atoms with van der Waals surface area (Å²) in [6.07, 6.45) is 4.96. The van der Waals surface area contributed by atoms with E-state index in [9.17, 15) is 0 Å². The summed E-state index contributed by atoms with van der Waals surface area (Å²) in [7, 11) is 0. The molecule has 0 saturated carbocycles. The van der Waals surface area contributed by atoms with Crippen LogP contribution in [0.3, 0.4) is 0 Å². The largest absolute Gasteiger partial charge is 0.462 e. The molecule has 218 valence electrons. The summed E-state index contributed by atoms with van der Waals surface area (Å²) in [5, 5.41) is 0. The van der Waals surface area contributed by atoms with Gasteiger partial charge in [0.25, 0.3) is 0 Å². The van der Waals surface area contributed by atoms with Gasteiger partial charge in [-0.1, -0.05) is 134 Å². The number of ether oxygens (including phenoxy) is 1. The highest BCUT2D eigenvalue weighted by molar-refractivity contribution is 5.92. The Kier molecular flexibility index (Phi) is 9.74. The third kappa shape index (κ3) is 6.99. The van der Waals surface area contributed by atoms with Crippen molar-refractivity contribution in [2.45, 2.75) is 27.2 Å². The van der Waals surface area contributed by atoms with Crippen LogP contribution in [0.5, 0.6) is 0 Å². The predicted molar refractivity (Wildman–Crippen MR) is 188 cm³/mol. The maximum absolute atomic E-state index is 6.30. The highest BCUT2D eigenvalue weighted by atomic mass is 16.5. The highest BCUT2D eigenvalue weighted by Gasteiger charge is 2.21. The topological polar surface area (TPSA) is 12.5 Å². The van der Waals surface area contributed by atoms with E-state index >= 15 is 0 Å². The molecule has 5 aromatic carbocycles. The van der Waals surface area contributed by atoms with Crippen molar-refractivity contribution in [1.29, 1.82) is 0 Å². The van der Waals surface area contributed by atoms with Gasteiger partial charge in [-0.25, -0.2) is 0 Å². The molecular formula is C42H39NO. The minimum atomic E-state index is 0.603. The quantitative estimate of drug-likeness (QED) is 0.115. The Morgan fingerprint density at radius 2 is 1.25 bits per heavy atom. The molecule has 0 amide bonds. The number of para-hydroxylation sites is 1. The molecule has 0 radical (unpaired) electrons. The smallest absolute Gasteiger partial charge is 0.127 e. The van der Waals surface area contributed by atoms with Crippen LogP contribution in [0, 0.1) is 0 Å². The van der Waals surface area contributed by atoms with E-state index in [1.807, 2.05) is 32.9 Å². The average molecular weight is 574 g/mol. The average Bonchev–Trinajstić information content (AvgIpc) is 3.06. The fourth-order valence-electron chi connectivity index (χ4n) is 5.46. The van der Waals surface area contributed by atoms with Crippen molar-refractivity contribution in [2.75, 3.05) is 4.90 Å². The van der Waals surface area contributed by atoms with Crippen LogP contribution in [0.4, 0.5) is 11.4 Å². The van der Waals surface area contributed by atoms with Gasteiger partial charge in [0.2, 0.25) is 0 Å². The fraction of sp³-hybridized carbons (Fsp3) is 0.0952. The van der Waals surface area contributed by atoms with Crippen LogP contribution in [0.2, 0.25) is 0 Å². The summed E-state index contributed by atoms with van der Waals surface area (Å²) in [5.41, 5.74) is 10.8. The number of hydrogen-bond donors (Lipinski definition) is 0. The number of hydrogen-bond acceptors (Lipinski definition) is 2. The van der Waals surface area contributed by atoms with Crippen molar-refractivity contribution < 1.29 is 4.74 Å². The first kappa shape index (κ1) is 30.1. The van der Waals surface area contributed by atoms with Crippen molar-refractivity contribution in [2.24, 2.45) is 0 Å². The van der Waals surface area contributed by atoms with Gasteiger partial charge < -0.3 is 9.64 Å². The lowest BCUT2D eigenvalue weighted by atomic mass is 9.95. The van der Waals surface area contributed by atoms with Crippen LogP contribution in [-0.2, 0) is 11.2 Å². The molecule has 0 N–H and O–H groups in total. The molecular weight excluding hydrogens is 534 g/mol. The molecule has 5 aromatic rings. The number of rotatable bonds is 11. The van der Waals surface area contributed by atoms with Gasteiger partial charge in [0.15, 0.2) is 0 Å². The lowest BCUT2D eigenvalue weighted by Gasteiger charge is -2.30. The van der Waals surface area contributed by atoms with Crippen molar-refractivity contribution in [1.82, 2.24) is 0 Å². The Morgan fingerprint density at radius 1 is 0.659 bits per heavy atom. The lowest BCUT2D eigenvalue weighted by molar-refractivity contribution is 0.326. The van der Waals surface area contributed by atoms with Crippen molar-refractivity contribution in [3.63, 3.8) is 0 Å². The molecule has 0 aliphatic carbocycles. The van der Waals surface area contributed by atoms with E-state index in [4.69, 9.17) is 4.74 Å². The number of nitrogens with zero attached hydrogens (tertiary/aromatic N) is 1. The predicted octanol–water partition coefficient (Wildman–Crippen LogP) is 11.8. The molecule has 0 heterocycles. The molecule has 2 heteroatoms. The van der Waals surface area contributed by atoms with Gasteiger partial charge in [0.1, 0.15) is 5.76 Å². The first-order valence-corrected chi connectivity index (χ1v) is 15.0. The summed E-state index contributed by atoms with van der Waals surface area (Å²) >= 11 is 0. The molecule has 0 aliphatic heterocycles. The fourth-order valence-corrected chi connectivity index (χ4v) is 5.46. The molecule has 44 heavy (non-hydrogen) atoms. The van der Waals surface area contributed by atoms with Crippen LogP contribution in [-0.4, -0.2) is 0 Å². The zero-order valence-corrected chi connectivity index (χ0v) is 25.8. The molecule has 2 nitrogen and oxygen atoms in total. The Morgan fingerprint density at radius 3 is 1.89 bits per heavy atom. The minimum Gasteiger partial charge on any atom is -0.462 e. The normalized spacial score (nSPS) is 11.6. The summed E-state index contributed by atoms with van der Waals surface area (Å²) in [4.78, 5) is 2.24. The van der Waals surface area contributed by atoms with Crippen LogP contribution in [0.15, 0.2) is 176 Å². The second-order valence-corrected chi connectivity index (χ2v) is 10.8. The molecule has 5 rings (SSSR count). The number of anilines is 2. The molecule has 0 atom stereocenters. The Bertz CT molecular complexity index is 1800. The number of benzene rings is 5. The molecule has 0 aliphatic rings. The molecule has 0 spiro atoms. The van der Waals surface area contributed by atoms with Crippen LogP contribution >= 0.6 is 0 Å². The first-order valence-electron chi connectivity index (χ1n) is 15.0. The van der Waals surface area contributed by atoms with E-state index in [0.29, 0.717) is 5.76 Å². The van der Waals surface area contributed by atoms with Gasteiger partial charge in [-0.05, 0) is 73.7 Å². The summed E-state index contributed by atoms with van der Waals surface area (Å²) < 4.78 is 6.30. The Labute approximate surface area is 262 Å². The monoisotopic (exact) mass is 573 g/mol. The van der Waals surface area contributed by atoms with E-state index < -0.39 is 0 Å².